The summed E-state index contributed by atoms with van der Waals surface area (Å²) >= 11 is 0. The van der Waals surface area contributed by atoms with E-state index in [0.717, 1.165) is 23.5 Å². The van der Waals surface area contributed by atoms with Crippen LogP contribution in [0.4, 0.5) is 17.1 Å². The Morgan fingerprint density at radius 3 is 1.90 bits per heavy atom. The Kier molecular flexibility index (Phi) is 8.83. The number of anilines is 3. The molecule has 2 aliphatic carbocycles. The summed E-state index contributed by atoms with van der Waals surface area (Å²) in [7, 11) is 0. The van der Waals surface area contributed by atoms with Gasteiger partial charge in [0, 0.05) is 17.1 Å². The van der Waals surface area contributed by atoms with Crippen molar-refractivity contribution in [1.82, 2.24) is 0 Å². The number of allylic oxidation sites excluding steroid dienone is 4. The molecular weight excluding hydrogens is 759 g/mol. The van der Waals surface area contributed by atoms with Crippen LogP contribution in [0.1, 0.15) is 30.0 Å². The summed E-state index contributed by atoms with van der Waals surface area (Å²) in [5.74, 6) is 0.368. The van der Waals surface area contributed by atoms with Crippen LogP contribution >= 0.6 is 0 Å². The van der Waals surface area contributed by atoms with Crippen LogP contribution in [-0.2, 0) is 5.41 Å². The number of fused-ring (bicyclic) bond motifs is 7. The normalized spacial score (nSPS) is 16.5. The van der Waals surface area contributed by atoms with E-state index in [2.05, 4.69) is 248 Å². The molecule has 0 bridgehead atoms. The Labute approximate surface area is 369 Å². The molecule has 10 aromatic rings. The van der Waals surface area contributed by atoms with Gasteiger partial charge in [0.25, 0.3) is 0 Å². The van der Waals surface area contributed by atoms with Gasteiger partial charge in [-0.1, -0.05) is 201 Å². The largest absolute Gasteiger partial charge is 0.310 e. The summed E-state index contributed by atoms with van der Waals surface area (Å²) in [5.41, 5.74) is 15.8. The number of hydrogen-bond donors (Lipinski definition) is 0. The fourth-order valence-electron chi connectivity index (χ4n) is 10.9. The molecule has 0 spiro atoms. The van der Waals surface area contributed by atoms with Gasteiger partial charge in [-0.25, -0.2) is 0 Å². The average Bonchev–Trinajstić information content (AvgIpc) is 3.64. The van der Waals surface area contributed by atoms with Gasteiger partial charge >= 0.3 is 0 Å². The van der Waals surface area contributed by atoms with Crippen molar-refractivity contribution in [2.75, 3.05) is 4.90 Å². The van der Waals surface area contributed by atoms with Crippen molar-refractivity contribution in [3.63, 3.8) is 0 Å². The van der Waals surface area contributed by atoms with Crippen LogP contribution in [0.3, 0.4) is 0 Å². The lowest BCUT2D eigenvalue weighted by atomic mass is 9.63. The van der Waals surface area contributed by atoms with Crippen molar-refractivity contribution >= 4 is 49.4 Å². The lowest BCUT2D eigenvalue weighted by molar-refractivity contribution is 0.576. The van der Waals surface area contributed by atoms with Crippen molar-refractivity contribution in [2.24, 2.45) is 5.92 Å². The van der Waals surface area contributed by atoms with E-state index in [1.165, 1.54) is 88.0 Å². The van der Waals surface area contributed by atoms with Gasteiger partial charge in [-0.15, -0.1) is 0 Å². The molecule has 0 N–H and O–H groups in total. The molecule has 0 saturated heterocycles. The van der Waals surface area contributed by atoms with Gasteiger partial charge < -0.3 is 4.90 Å². The molecule has 1 nitrogen and oxygen atoms in total. The molecular formula is C62H45N. The van der Waals surface area contributed by atoms with E-state index < -0.39 is 5.41 Å². The summed E-state index contributed by atoms with van der Waals surface area (Å²) < 4.78 is 0. The summed E-state index contributed by atoms with van der Waals surface area (Å²) in [6.45, 7) is 2.40. The van der Waals surface area contributed by atoms with Crippen LogP contribution in [0.15, 0.2) is 242 Å². The Bertz CT molecular complexity index is 3440. The van der Waals surface area contributed by atoms with Gasteiger partial charge in [-0.2, -0.15) is 0 Å². The van der Waals surface area contributed by atoms with Crippen LogP contribution in [0, 0.1) is 5.92 Å². The van der Waals surface area contributed by atoms with Gasteiger partial charge in [0.15, 0.2) is 0 Å². The lowest BCUT2D eigenvalue weighted by Crippen LogP contribution is -2.33. The minimum Gasteiger partial charge on any atom is -0.310 e. The van der Waals surface area contributed by atoms with E-state index in [-0.39, 0.29) is 0 Å². The monoisotopic (exact) mass is 803 g/mol. The Morgan fingerprint density at radius 1 is 0.413 bits per heavy atom. The number of nitrogens with zero attached hydrogens (tertiary/aromatic N) is 1. The van der Waals surface area contributed by atoms with E-state index >= 15 is 0 Å². The zero-order valence-electron chi connectivity index (χ0n) is 35.2. The molecule has 298 valence electrons. The summed E-state index contributed by atoms with van der Waals surface area (Å²) in [5, 5.41) is 7.59. The van der Waals surface area contributed by atoms with E-state index in [9.17, 15) is 0 Å². The third-order valence-corrected chi connectivity index (χ3v) is 13.8. The smallest absolute Gasteiger partial charge is 0.0679 e. The molecule has 2 atom stereocenters. The minimum atomic E-state index is -0.449. The van der Waals surface area contributed by atoms with Crippen LogP contribution in [0.2, 0.25) is 0 Å². The first-order valence-corrected chi connectivity index (χ1v) is 22.2. The molecule has 12 rings (SSSR count). The fourth-order valence-corrected chi connectivity index (χ4v) is 10.9. The molecule has 63 heavy (non-hydrogen) atoms. The molecule has 0 amide bonds. The van der Waals surface area contributed by atoms with Crippen molar-refractivity contribution < 1.29 is 0 Å². The molecule has 2 unspecified atom stereocenters. The Balaban J connectivity index is 1.05. The highest BCUT2D eigenvalue weighted by molar-refractivity contribution is 6.08. The molecule has 2 aliphatic rings. The SMILES string of the molecule is CC1CC=CC=C1C1(c2ccccc2)c2ccccc2-c2ccc(N(c3ccc(-c4ccc5c(ccc6ccccc65)c4)cc3)c3cccc(-c4cccc5ccccc45)c3)cc21. The Morgan fingerprint density at radius 2 is 1.05 bits per heavy atom. The van der Waals surface area contributed by atoms with Gasteiger partial charge in [0.2, 0.25) is 0 Å². The van der Waals surface area contributed by atoms with E-state index in [0.29, 0.717) is 5.92 Å². The second-order valence-corrected chi connectivity index (χ2v) is 17.3. The molecule has 0 aromatic heterocycles. The predicted octanol–water partition coefficient (Wildman–Crippen LogP) is 16.8. The maximum atomic E-state index is 2.50. The predicted molar refractivity (Wildman–Crippen MR) is 267 cm³/mol. The fraction of sp³-hybridized carbons (Fsp3) is 0.0645. The summed E-state index contributed by atoms with van der Waals surface area (Å²) in [6, 6.07) is 81.2. The molecule has 0 radical (unpaired) electrons. The second-order valence-electron chi connectivity index (χ2n) is 17.3. The van der Waals surface area contributed by atoms with Crippen molar-refractivity contribution in [3.8, 4) is 33.4 Å². The average molecular weight is 804 g/mol. The van der Waals surface area contributed by atoms with E-state index in [4.69, 9.17) is 0 Å². The summed E-state index contributed by atoms with van der Waals surface area (Å²) in [6.07, 6.45) is 8.01. The topological polar surface area (TPSA) is 3.24 Å². The zero-order valence-corrected chi connectivity index (χ0v) is 35.2. The highest BCUT2D eigenvalue weighted by atomic mass is 15.1. The molecule has 0 heterocycles. The standard InChI is InChI=1S/C62H45N/c1-42-15-5-11-27-59(42)62(49-20-3-2-4-21-49)60-28-12-10-25-57(60)58-38-36-52(41-61(58)62)63(51-22-13-19-47(40-51)55-26-14-18-44-16-6-8-23-53(44)55)50-34-31-43(32-35-50)46-33-37-56-48(39-46)30-29-45-17-7-9-24-54(45)56/h2-14,16-42H,15H2,1H3. The molecule has 0 fully saturated rings. The summed E-state index contributed by atoms with van der Waals surface area (Å²) in [4.78, 5) is 2.46. The van der Waals surface area contributed by atoms with E-state index in [1.807, 2.05) is 0 Å². The van der Waals surface area contributed by atoms with Crippen molar-refractivity contribution in [3.05, 3.63) is 259 Å². The highest BCUT2D eigenvalue weighted by Gasteiger charge is 2.48. The van der Waals surface area contributed by atoms with Gasteiger partial charge in [0.05, 0.1) is 5.41 Å². The molecule has 0 aliphatic heterocycles. The number of hydrogen-bond acceptors (Lipinski definition) is 1. The molecule has 1 heteroatoms. The van der Waals surface area contributed by atoms with Gasteiger partial charge in [-0.3, -0.25) is 0 Å². The lowest BCUT2D eigenvalue weighted by Gasteiger charge is -2.40. The number of rotatable bonds is 7. The Hall–Kier alpha value is -7.74. The first kappa shape index (κ1) is 37.1. The first-order valence-electron chi connectivity index (χ1n) is 22.2. The molecule has 0 saturated carbocycles. The second kappa shape index (κ2) is 15.0. The minimum absolute atomic E-state index is 0.368. The number of benzene rings is 10. The third kappa shape index (κ3) is 5.99. The van der Waals surface area contributed by atoms with Crippen LogP contribution in [0.5, 0.6) is 0 Å². The third-order valence-electron chi connectivity index (χ3n) is 13.8. The quantitative estimate of drug-likeness (QED) is 0.145. The van der Waals surface area contributed by atoms with Crippen LogP contribution in [0.25, 0.3) is 65.7 Å². The van der Waals surface area contributed by atoms with Crippen LogP contribution in [-0.4, -0.2) is 0 Å². The van der Waals surface area contributed by atoms with E-state index in [1.54, 1.807) is 0 Å². The maximum Gasteiger partial charge on any atom is 0.0679 e. The first-order chi connectivity index (χ1) is 31.1. The zero-order chi connectivity index (χ0) is 41.9. The maximum absolute atomic E-state index is 2.50. The van der Waals surface area contributed by atoms with Gasteiger partial charge in [0.1, 0.15) is 0 Å². The van der Waals surface area contributed by atoms with Crippen molar-refractivity contribution in [1.29, 1.82) is 0 Å². The van der Waals surface area contributed by atoms with Crippen LogP contribution < -0.4 is 4.90 Å². The van der Waals surface area contributed by atoms with Crippen molar-refractivity contribution in [2.45, 2.75) is 18.8 Å². The van der Waals surface area contributed by atoms with Gasteiger partial charge in [-0.05, 0) is 143 Å². The molecule has 10 aromatic carbocycles. The highest BCUT2D eigenvalue weighted by Crippen LogP contribution is 2.59.